The molecule has 9 fully saturated rings. The molecule has 13 rings (SSSR count). The molecule has 296 valence electrons. The predicted octanol–water partition coefficient (Wildman–Crippen LogP) is 12.6. The van der Waals surface area contributed by atoms with Crippen molar-refractivity contribution in [2.45, 2.75) is 100 Å². The van der Waals surface area contributed by atoms with Crippen LogP contribution in [0.1, 0.15) is 112 Å². The van der Waals surface area contributed by atoms with Crippen LogP contribution in [0.3, 0.4) is 0 Å². The maximum absolute atomic E-state index is 11.8. The second-order valence-corrected chi connectivity index (χ2v) is 19.6. The first-order chi connectivity index (χ1) is 27.8. The van der Waals surface area contributed by atoms with Crippen molar-refractivity contribution in [1.29, 1.82) is 0 Å². The lowest BCUT2D eigenvalue weighted by Crippen LogP contribution is -2.48. The number of carbonyl (C=O) groups excluding carboxylic acids is 1. The summed E-state index contributed by atoms with van der Waals surface area (Å²) in [7, 11) is 5.13. The Hall–Kier alpha value is -4.31. The highest BCUT2D eigenvalue weighted by atomic mass is 16.5. The van der Waals surface area contributed by atoms with E-state index >= 15 is 0 Å². The van der Waals surface area contributed by atoms with Crippen molar-refractivity contribution in [2.24, 2.45) is 41.4 Å². The smallest absolute Gasteiger partial charge is 0.309 e. The van der Waals surface area contributed by atoms with Gasteiger partial charge in [-0.1, -0.05) is 73.3 Å². The van der Waals surface area contributed by atoms with Gasteiger partial charge in [0.25, 0.3) is 0 Å². The molecule has 57 heavy (non-hydrogen) atoms. The molecule has 0 spiro atoms. The maximum Gasteiger partial charge on any atom is 0.309 e. The first-order valence-corrected chi connectivity index (χ1v) is 22.1. The molecule has 4 heteroatoms. The van der Waals surface area contributed by atoms with Gasteiger partial charge in [-0.3, -0.25) is 4.79 Å². The number of carbonyl (C=O) groups is 1. The van der Waals surface area contributed by atoms with Crippen LogP contribution in [0.15, 0.2) is 91.5 Å². The molecule has 8 bridgehead atoms. The number of rotatable bonds is 9. The van der Waals surface area contributed by atoms with Crippen LogP contribution in [-0.4, -0.2) is 27.3 Å². The van der Waals surface area contributed by atoms with Crippen LogP contribution in [0.5, 0.6) is 11.5 Å². The van der Waals surface area contributed by atoms with E-state index < -0.39 is 0 Å². The highest BCUT2D eigenvalue weighted by Crippen LogP contribution is 2.63. The Bertz CT molecular complexity index is 2070. The van der Waals surface area contributed by atoms with Gasteiger partial charge in [0, 0.05) is 11.1 Å². The van der Waals surface area contributed by atoms with Crippen molar-refractivity contribution in [3.8, 4) is 33.8 Å². The molecule has 0 saturated heterocycles. The standard InChI is InChI=1S/C28H32O3.C25H28O/c1-30-26-8-7-22(20-3-5-21(6-4-20)23-13-24(23)27(29)31-2)12-25(26)28-14-17-9-18(15-28)11-19(10-17)16-28;1-3-17-4-6-21(7-5-17)22-8-9-24(26-2)23(13-22)25-14-18-10-19(15-25)12-20(11-18)16-25/h3-8,12,17-19,23-24H,9-11,13-16H2,1-2H3;3-9,13,18-20H,1,10-12,14-16H2,2H3. The van der Waals surface area contributed by atoms with E-state index in [1.807, 2.05) is 20.3 Å². The predicted molar refractivity (Wildman–Crippen MR) is 230 cm³/mol. The van der Waals surface area contributed by atoms with Gasteiger partial charge in [-0.2, -0.15) is 0 Å². The highest BCUT2D eigenvalue weighted by molar-refractivity contribution is 5.77. The molecule has 9 aliphatic carbocycles. The van der Waals surface area contributed by atoms with E-state index in [9.17, 15) is 4.79 Å². The Labute approximate surface area is 340 Å². The summed E-state index contributed by atoms with van der Waals surface area (Å²) in [5, 5.41) is 0. The molecule has 2 atom stereocenters. The average molecular weight is 761 g/mol. The Morgan fingerprint density at radius 1 is 0.544 bits per heavy atom. The molecule has 0 N–H and O–H groups in total. The van der Waals surface area contributed by atoms with Gasteiger partial charge in [-0.05, 0) is 193 Å². The van der Waals surface area contributed by atoms with Gasteiger partial charge in [-0.25, -0.2) is 0 Å². The summed E-state index contributed by atoms with van der Waals surface area (Å²) in [5.41, 5.74) is 11.1. The Morgan fingerprint density at radius 2 is 0.930 bits per heavy atom. The fraction of sp³-hybridized carbons (Fsp3) is 0.491. The number of esters is 1. The van der Waals surface area contributed by atoms with Gasteiger partial charge in [0.1, 0.15) is 11.5 Å². The van der Waals surface area contributed by atoms with E-state index in [1.165, 1.54) is 129 Å². The van der Waals surface area contributed by atoms with Gasteiger partial charge in [0.05, 0.1) is 27.2 Å². The van der Waals surface area contributed by atoms with Crippen molar-refractivity contribution in [3.63, 3.8) is 0 Å². The summed E-state index contributed by atoms with van der Waals surface area (Å²) in [4.78, 5) is 11.8. The Balaban J connectivity index is 0.000000141. The zero-order chi connectivity index (χ0) is 38.9. The molecule has 0 aromatic heterocycles. The molecular formula is C53H60O4. The minimum atomic E-state index is -0.0792. The quantitative estimate of drug-likeness (QED) is 0.159. The highest BCUT2D eigenvalue weighted by Gasteiger charge is 2.54. The van der Waals surface area contributed by atoms with Crippen molar-refractivity contribution in [2.75, 3.05) is 21.3 Å². The lowest BCUT2D eigenvalue weighted by molar-refractivity contribution is -0.142. The number of benzene rings is 4. The topological polar surface area (TPSA) is 44.8 Å². The van der Waals surface area contributed by atoms with Crippen molar-refractivity contribution in [1.82, 2.24) is 0 Å². The third-order valence-corrected chi connectivity index (χ3v) is 16.1. The van der Waals surface area contributed by atoms with Crippen LogP contribution in [0.4, 0.5) is 0 Å². The molecule has 0 amide bonds. The SMILES string of the molecule is C=Cc1ccc(-c2ccc(OC)c(C34CC5CC(CC(C5)C3)C4)c2)cc1.COC(=O)C1CC1c1ccc(-c2ccc(OC)c(C34CC5CC(CC(C5)C3)C4)c2)cc1. The molecule has 0 radical (unpaired) electrons. The molecule has 2 unspecified atom stereocenters. The fourth-order valence-corrected chi connectivity index (χ4v) is 14.2. The Morgan fingerprint density at radius 3 is 1.30 bits per heavy atom. The minimum absolute atomic E-state index is 0.0412. The fourth-order valence-electron chi connectivity index (χ4n) is 14.2. The molecule has 0 aliphatic heterocycles. The first kappa shape index (κ1) is 37.0. The van der Waals surface area contributed by atoms with Gasteiger partial charge in [0.2, 0.25) is 0 Å². The molecular weight excluding hydrogens is 701 g/mol. The Kier molecular flexibility index (Phi) is 9.41. The van der Waals surface area contributed by atoms with Crippen LogP contribution in [0.25, 0.3) is 28.3 Å². The lowest BCUT2D eigenvalue weighted by Gasteiger charge is -2.57. The largest absolute Gasteiger partial charge is 0.496 e. The van der Waals surface area contributed by atoms with E-state index in [0.717, 1.165) is 53.4 Å². The summed E-state index contributed by atoms with van der Waals surface area (Å²) in [6.45, 7) is 3.86. The van der Waals surface area contributed by atoms with Crippen molar-refractivity contribution in [3.05, 3.63) is 114 Å². The molecule has 9 saturated carbocycles. The summed E-state index contributed by atoms with van der Waals surface area (Å²) < 4.78 is 16.6. The molecule has 4 aromatic carbocycles. The zero-order valence-corrected chi connectivity index (χ0v) is 34.3. The van der Waals surface area contributed by atoms with E-state index in [4.69, 9.17) is 14.2 Å². The summed E-state index contributed by atoms with van der Waals surface area (Å²) in [6, 6.07) is 31.2. The van der Waals surface area contributed by atoms with Crippen LogP contribution in [-0.2, 0) is 20.4 Å². The second-order valence-electron chi connectivity index (χ2n) is 19.6. The minimum Gasteiger partial charge on any atom is -0.496 e. The number of hydrogen-bond acceptors (Lipinski definition) is 4. The zero-order valence-electron chi connectivity index (χ0n) is 34.3. The van der Waals surface area contributed by atoms with Crippen LogP contribution in [0.2, 0.25) is 0 Å². The van der Waals surface area contributed by atoms with Crippen LogP contribution >= 0.6 is 0 Å². The third-order valence-electron chi connectivity index (χ3n) is 16.1. The average Bonchev–Trinajstić information content (AvgIpc) is 4.04. The molecule has 4 nitrogen and oxygen atoms in total. The van der Waals surface area contributed by atoms with E-state index in [2.05, 4.69) is 91.5 Å². The van der Waals surface area contributed by atoms with E-state index in [1.54, 1.807) is 0 Å². The monoisotopic (exact) mass is 760 g/mol. The van der Waals surface area contributed by atoms with E-state index in [0.29, 0.717) is 16.7 Å². The van der Waals surface area contributed by atoms with Crippen LogP contribution in [0, 0.1) is 41.4 Å². The summed E-state index contributed by atoms with van der Waals surface area (Å²) in [5.74, 6) is 8.04. The normalized spacial score (nSPS) is 33.6. The van der Waals surface area contributed by atoms with Crippen molar-refractivity contribution < 1.29 is 19.0 Å². The van der Waals surface area contributed by atoms with E-state index in [-0.39, 0.29) is 11.9 Å². The summed E-state index contributed by atoms with van der Waals surface area (Å²) in [6.07, 6.45) is 19.7. The third kappa shape index (κ3) is 6.73. The van der Waals surface area contributed by atoms with Crippen LogP contribution < -0.4 is 9.47 Å². The molecule has 4 aromatic rings. The number of methoxy groups -OCH3 is 3. The van der Waals surface area contributed by atoms with Gasteiger partial charge < -0.3 is 14.2 Å². The lowest BCUT2D eigenvalue weighted by atomic mass is 9.48. The number of hydrogen-bond donors (Lipinski definition) is 0. The molecule has 9 aliphatic rings. The van der Waals surface area contributed by atoms with Gasteiger partial charge in [0.15, 0.2) is 0 Å². The van der Waals surface area contributed by atoms with Crippen molar-refractivity contribution >= 4 is 12.0 Å². The molecule has 0 heterocycles. The number of ether oxygens (including phenoxy) is 3. The first-order valence-electron chi connectivity index (χ1n) is 22.1. The summed E-state index contributed by atoms with van der Waals surface area (Å²) >= 11 is 0. The van der Waals surface area contributed by atoms with Gasteiger partial charge >= 0.3 is 5.97 Å². The maximum atomic E-state index is 11.8. The second kappa shape index (κ2) is 14.5. The van der Waals surface area contributed by atoms with Gasteiger partial charge in [-0.15, -0.1) is 0 Å².